The van der Waals surface area contributed by atoms with E-state index in [2.05, 4.69) is 10.3 Å². The van der Waals surface area contributed by atoms with Gasteiger partial charge in [-0.2, -0.15) is 13.2 Å². The number of rotatable bonds is 3. The Hall–Kier alpha value is -2.67. The summed E-state index contributed by atoms with van der Waals surface area (Å²) in [5.41, 5.74) is 2.50. The molecule has 0 saturated carbocycles. The monoisotopic (exact) mass is 390 g/mol. The molecule has 7 heteroatoms. The van der Waals surface area contributed by atoms with Crippen LogP contribution in [0.4, 0.5) is 18.3 Å². The second kappa shape index (κ2) is 7.15. The number of amides is 1. The van der Waals surface area contributed by atoms with Crippen LogP contribution in [-0.4, -0.2) is 10.9 Å². The Labute approximate surface area is 158 Å². The van der Waals surface area contributed by atoms with Gasteiger partial charge >= 0.3 is 6.18 Å². The van der Waals surface area contributed by atoms with Crippen LogP contribution in [0.2, 0.25) is 0 Å². The van der Waals surface area contributed by atoms with Crippen molar-refractivity contribution >= 4 is 22.4 Å². The number of aromatic nitrogens is 1. The van der Waals surface area contributed by atoms with E-state index in [0.29, 0.717) is 5.69 Å². The van der Waals surface area contributed by atoms with Crippen LogP contribution in [0.1, 0.15) is 31.9 Å². The minimum absolute atomic E-state index is 0.266. The third-order valence-corrected chi connectivity index (χ3v) is 5.16. The Morgan fingerprint density at radius 3 is 2.41 bits per heavy atom. The van der Waals surface area contributed by atoms with Crippen molar-refractivity contribution in [3.05, 3.63) is 69.6 Å². The summed E-state index contributed by atoms with van der Waals surface area (Å²) in [6, 6.07) is 10.6. The van der Waals surface area contributed by atoms with Gasteiger partial charge in [-0.25, -0.2) is 4.98 Å². The number of benzene rings is 2. The second-order valence-electron chi connectivity index (χ2n) is 6.22. The molecule has 3 nitrogen and oxygen atoms in total. The molecule has 0 aliphatic carbocycles. The Morgan fingerprint density at radius 1 is 1.04 bits per heavy atom. The number of carbonyl (C=O) groups excluding carboxylic acids is 1. The highest BCUT2D eigenvalue weighted by atomic mass is 32.1. The van der Waals surface area contributed by atoms with Gasteiger partial charge in [0.2, 0.25) is 0 Å². The van der Waals surface area contributed by atoms with Crippen LogP contribution in [0.3, 0.4) is 0 Å². The highest BCUT2D eigenvalue weighted by molar-refractivity contribution is 7.16. The zero-order chi connectivity index (χ0) is 19.8. The minimum atomic E-state index is -4.60. The van der Waals surface area contributed by atoms with E-state index in [-0.39, 0.29) is 5.13 Å². The quantitative estimate of drug-likeness (QED) is 0.595. The summed E-state index contributed by atoms with van der Waals surface area (Å²) in [5, 5.41) is 2.76. The van der Waals surface area contributed by atoms with Gasteiger partial charge in [0, 0.05) is 10.4 Å². The fraction of sp³-hybridized carbons (Fsp3) is 0.200. The number of alkyl halides is 3. The van der Waals surface area contributed by atoms with Gasteiger partial charge in [0.25, 0.3) is 5.91 Å². The molecule has 0 aliphatic heterocycles. The molecule has 0 unspecified atom stereocenters. The molecule has 0 saturated heterocycles. The maximum absolute atomic E-state index is 13.1. The Balaban J connectivity index is 1.90. The number of nitrogens with zero attached hydrogens (tertiary/aromatic N) is 1. The van der Waals surface area contributed by atoms with E-state index in [1.165, 1.54) is 23.5 Å². The standard InChI is InChI=1S/C20H17F3N2OS/c1-11-8-9-14(10-12(11)2)17-13(3)27-19(24-17)25-18(26)15-6-4-5-7-16(15)20(21,22)23/h4-10H,1-3H3,(H,24,25,26). The lowest BCUT2D eigenvalue weighted by atomic mass is 10.0. The van der Waals surface area contributed by atoms with Gasteiger partial charge < -0.3 is 0 Å². The fourth-order valence-corrected chi connectivity index (χ4v) is 3.53. The summed E-state index contributed by atoms with van der Waals surface area (Å²) in [5.74, 6) is -0.830. The molecule has 0 atom stereocenters. The summed E-state index contributed by atoms with van der Waals surface area (Å²) >= 11 is 1.23. The molecule has 0 spiro atoms. The van der Waals surface area contributed by atoms with Crippen LogP contribution >= 0.6 is 11.3 Å². The van der Waals surface area contributed by atoms with Crippen LogP contribution in [0.15, 0.2) is 42.5 Å². The van der Waals surface area contributed by atoms with Crippen molar-refractivity contribution in [2.45, 2.75) is 26.9 Å². The predicted octanol–water partition coefficient (Wildman–Crippen LogP) is 6.01. The minimum Gasteiger partial charge on any atom is -0.298 e. The van der Waals surface area contributed by atoms with Gasteiger partial charge in [-0.3, -0.25) is 10.1 Å². The molecule has 0 fully saturated rings. The summed E-state index contributed by atoms with van der Waals surface area (Å²) in [4.78, 5) is 17.7. The van der Waals surface area contributed by atoms with Crippen molar-refractivity contribution < 1.29 is 18.0 Å². The third-order valence-electron chi connectivity index (χ3n) is 4.27. The molecular weight excluding hydrogens is 373 g/mol. The molecule has 1 aromatic heterocycles. The van der Waals surface area contributed by atoms with E-state index >= 15 is 0 Å². The van der Waals surface area contributed by atoms with E-state index in [0.717, 1.165) is 33.7 Å². The van der Waals surface area contributed by atoms with Crippen LogP contribution in [0.25, 0.3) is 11.3 Å². The number of hydrogen-bond donors (Lipinski definition) is 1. The van der Waals surface area contributed by atoms with Crippen LogP contribution in [0.5, 0.6) is 0 Å². The number of nitrogens with one attached hydrogen (secondary N) is 1. The van der Waals surface area contributed by atoms with Gasteiger partial charge in [-0.15, -0.1) is 11.3 Å². The third kappa shape index (κ3) is 4.03. The fourth-order valence-electron chi connectivity index (χ4n) is 2.70. The van der Waals surface area contributed by atoms with Gasteiger partial charge in [-0.1, -0.05) is 24.3 Å². The molecule has 1 heterocycles. The number of carbonyl (C=O) groups is 1. The zero-order valence-corrected chi connectivity index (χ0v) is 15.8. The lowest BCUT2D eigenvalue weighted by Crippen LogP contribution is -2.18. The number of anilines is 1. The molecule has 0 bridgehead atoms. The first-order chi connectivity index (χ1) is 12.7. The van der Waals surface area contributed by atoms with E-state index in [1.807, 2.05) is 39.0 Å². The maximum atomic E-state index is 13.1. The van der Waals surface area contributed by atoms with E-state index < -0.39 is 23.2 Å². The van der Waals surface area contributed by atoms with Crippen LogP contribution < -0.4 is 5.32 Å². The Morgan fingerprint density at radius 2 is 1.74 bits per heavy atom. The Bertz CT molecular complexity index is 1010. The molecule has 140 valence electrons. The number of aryl methyl sites for hydroxylation is 3. The van der Waals surface area contributed by atoms with Gasteiger partial charge in [0.15, 0.2) is 5.13 Å². The van der Waals surface area contributed by atoms with Gasteiger partial charge in [0.1, 0.15) is 0 Å². The highest BCUT2D eigenvalue weighted by Crippen LogP contribution is 2.34. The number of halogens is 3. The first-order valence-electron chi connectivity index (χ1n) is 8.19. The molecule has 2 aromatic carbocycles. The van der Waals surface area contributed by atoms with E-state index in [4.69, 9.17) is 0 Å². The summed E-state index contributed by atoms with van der Waals surface area (Å²) in [7, 11) is 0. The zero-order valence-electron chi connectivity index (χ0n) is 14.9. The van der Waals surface area contributed by atoms with Crippen LogP contribution in [-0.2, 0) is 6.18 Å². The SMILES string of the molecule is Cc1ccc(-c2nc(NC(=O)c3ccccc3C(F)(F)F)sc2C)cc1C. The van der Waals surface area contributed by atoms with Gasteiger partial charge in [0.05, 0.1) is 16.8 Å². The predicted molar refractivity (Wildman–Crippen MR) is 101 cm³/mol. The molecule has 27 heavy (non-hydrogen) atoms. The number of hydrogen-bond acceptors (Lipinski definition) is 3. The average molecular weight is 390 g/mol. The molecular formula is C20H17F3N2OS. The van der Waals surface area contributed by atoms with E-state index in [1.54, 1.807) is 0 Å². The first kappa shape index (κ1) is 19.1. The largest absolute Gasteiger partial charge is 0.417 e. The first-order valence-corrected chi connectivity index (χ1v) is 9.01. The maximum Gasteiger partial charge on any atom is 0.417 e. The van der Waals surface area contributed by atoms with Crippen molar-refractivity contribution in [3.8, 4) is 11.3 Å². The van der Waals surface area contributed by atoms with Gasteiger partial charge in [-0.05, 0) is 50.1 Å². The normalized spacial score (nSPS) is 11.5. The van der Waals surface area contributed by atoms with Crippen molar-refractivity contribution in [1.82, 2.24) is 4.98 Å². The van der Waals surface area contributed by atoms with Crippen molar-refractivity contribution in [2.24, 2.45) is 0 Å². The molecule has 0 radical (unpaired) electrons. The lowest BCUT2D eigenvalue weighted by Gasteiger charge is -2.11. The molecule has 1 N–H and O–H groups in total. The average Bonchev–Trinajstić information content (AvgIpc) is 2.97. The van der Waals surface area contributed by atoms with Crippen molar-refractivity contribution in [3.63, 3.8) is 0 Å². The van der Waals surface area contributed by atoms with Crippen molar-refractivity contribution in [2.75, 3.05) is 5.32 Å². The lowest BCUT2D eigenvalue weighted by molar-refractivity contribution is -0.137. The van der Waals surface area contributed by atoms with E-state index in [9.17, 15) is 18.0 Å². The summed E-state index contributed by atoms with van der Waals surface area (Å²) < 4.78 is 39.3. The molecule has 1 amide bonds. The Kier molecular flexibility index (Phi) is 5.06. The summed E-state index contributed by atoms with van der Waals surface area (Å²) in [6.45, 7) is 5.87. The molecule has 0 aliphatic rings. The molecule has 3 rings (SSSR count). The second-order valence-corrected chi connectivity index (χ2v) is 7.42. The summed E-state index contributed by atoms with van der Waals surface area (Å²) in [6.07, 6.45) is -4.60. The smallest absolute Gasteiger partial charge is 0.298 e. The topological polar surface area (TPSA) is 42.0 Å². The molecule has 3 aromatic rings. The highest BCUT2D eigenvalue weighted by Gasteiger charge is 2.35. The number of thiazole rings is 1. The van der Waals surface area contributed by atoms with Crippen molar-refractivity contribution in [1.29, 1.82) is 0 Å². The van der Waals surface area contributed by atoms with Crippen LogP contribution in [0, 0.1) is 20.8 Å².